The fraction of sp³-hybridized carbons (Fsp3) is 0.188. The molecule has 108 valence electrons. The molecule has 2 heterocycles. The number of thiazole rings is 1. The van der Waals surface area contributed by atoms with Crippen LogP contribution >= 0.6 is 22.7 Å². The third kappa shape index (κ3) is 2.66. The Hall–Kier alpha value is -1.85. The van der Waals surface area contributed by atoms with Crippen LogP contribution in [0.3, 0.4) is 0 Å². The van der Waals surface area contributed by atoms with Crippen LogP contribution in [-0.2, 0) is 0 Å². The number of methoxy groups -OCH3 is 2. The quantitative estimate of drug-likeness (QED) is 0.688. The molecule has 3 aromatic rings. The SMILES string of the molecule is COc1ccc(-c2csc(-c3sccc3C)n2)c(OC)c1. The third-order valence-corrected chi connectivity index (χ3v) is 5.26. The largest absolute Gasteiger partial charge is 0.497 e. The van der Waals surface area contributed by atoms with E-state index < -0.39 is 0 Å². The number of aromatic nitrogens is 1. The summed E-state index contributed by atoms with van der Waals surface area (Å²) in [6.45, 7) is 2.11. The fourth-order valence-corrected chi connectivity index (χ4v) is 4.02. The van der Waals surface area contributed by atoms with E-state index in [1.165, 1.54) is 10.4 Å². The summed E-state index contributed by atoms with van der Waals surface area (Å²) in [6.07, 6.45) is 0. The predicted molar refractivity (Wildman–Crippen MR) is 88.7 cm³/mol. The topological polar surface area (TPSA) is 31.4 Å². The van der Waals surface area contributed by atoms with Crippen LogP contribution in [0.1, 0.15) is 5.56 Å². The highest BCUT2D eigenvalue weighted by Gasteiger charge is 2.13. The minimum atomic E-state index is 0.772. The first-order chi connectivity index (χ1) is 10.2. The van der Waals surface area contributed by atoms with E-state index >= 15 is 0 Å². The lowest BCUT2D eigenvalue weighted by Crippen LogP contribution is -1.90. The summed E-state index contributed by atoms with van der Waals surface area (Å²) in [5, 5.41) is 5.22. The van der Waals surface area contributed by atoms with Crippen molar-refractivity contribution >= 4 is 22.7 Å². The van der Waals surface area contributed by atoms with Gasteiger partial charge in [-0.2, -0.15) is 0 Å². The van der Waals surface area contributed by atoms with Gasteiger partial charge in [0.25, 0.3) is 0 Å². The molecule has 21 heavy (non-hydrogen) atoms. The van der Waals surface area contributed by atoms with Gasteiger partial charge in [-0.15, -0.1) is 22.7 Å². The molecule has 1 aromatic carbocycles. The van der Waals surface area contributed by atoms with E-state index in [-0.39, 0.29) is 0 Å². The maximum Gasteiger partial charge on any atom is 0.134 e. The van der Waals surface area contributed by atoms with Gasteiger partial charge in [0.05, 0.1) is 24.8 Å². The number of ether oxygens (including phenoxy) is 2. The normalized spacial score (nSPS) is 10.6. The first kappa shape index (κ1) is 14.1. The summed E-state index contributed by atoms with van der Waals surface area (Å²) in [7, 11) is 3.31. The molecule has 0 atom stereocenters. The van der Waals surface area contributed by atoms with Crippen molar-refractivity contribution in [1.82, 2.24) is 4.98 Å². The van der Waals surface area contributed by atoms with Gasteiger partial charge in [-0.05, 0) is 36.1 Å². The molecule has 0 bridgehead atoms. The van der Waals surface area contributed by atoms with Gasteiger partial charge in [-0.3, -0.25) is 0 Å². The Morgan fingerprint density at radius 1 is 1.05 bits per heavy atom. The molecule has 2 aromatic heterocycles. The maximum absolute atomic E-state index is 5.45. The van der Waals surface area contributed by atoms with Gasteiger partial charge >= 0.3 is 0 Å². The van der Waals surface area contributed by atoms with Crippen molar-refractivity contribution in [3.8, 4) is 32.6 Å². The summed E-state index contributed by atoms with van der Waals surface area (Å²) in [4.78, 5) is 5.99. The lowest BCUT2D eigenvalue weighted by molar-refractivity contribution is 0.395. The van der Waals surface area contributed by atoms with Crippen LogP contribution in [0.2, 0.25) is 0 Å². The van der Waals surface area contributed by atoms with Crippen molar-refractivity contribution in [2.24, 2.45) is 0 Å². The Labute approximate surface area is 131 Å². The Kier molecular flexibility index (Phi) is 3.94. The molecule has 0 aliphatic carbocycles. The first-order valence-corrected chi connectivity index (χ1v) is 8.21. The highest BCUT2D eigenvalue weighted by molar-refractivity contribution is 7.20. The number of thiophene rings is 1. The van der Waals surface area contributed by atoms with Crippen molar-refractivity contribution in [2.45, 2.75) is 6.92 Å². The van der Waals surface area contributed by atoms with Crippen molar-refractivity contribution in [2.75, 3.05) is 14.2 Å². The third-order valence-electron chi connectivity index (χ3n) is 3.25. The van der Waals surface area contributed by atoms with Crippen LogP contribution in [0.15, 0.2) is 35.0 Å². The summed E-state index contributed by atoms with van der Waals surface area (Å²) >= 11 is 3.38. The van der Waals surface area contributed by atoms with Crippen molar-refractivity contribution < 1.29 is 9.47 Å². The van der Waals surface area contributed by atoms with Crippen LogP contribution in [-0.4, -0.2) is 19.2 Å². The smallest absolute Gasteiger partial charge is 0.134 e. The van der Waals surface area contributed by atoms with Crippen LogP contribution in [0.4, 0.5) is 0 Å². The molecule has 5 heteroatoms. The highest BCUT2D eigenvalue weighted by atomic mass is 32.1. The van der Waals surface area contributed by atoms with Gasteiger partial charge in [0.1, 0.15) is 16.5 Å². The molecule has 0 aliphatic heterocycles. The number of rotatable bonds is 4. The van der Waals surface area contributed by atoms with Crippen molar-refractivity contribution in [3.05, 3.63) is 40.6 Å². The molecule has 0 fully saturated rings. The lowest BCUT2D eigenvalue weighted by Gasteiger charge is -2.08. The van der Waals surface area contributed by atoms with E-state index in [0.717, 1.165) is 27.8 Å². The summed E-state index contributed by atoms with van der Waals surface area (Å²) < 4.78 is 10.7. The molecule has 0 radical (unpaired) electrons. The van der Waals surface area contributed by atoms with E-state index in [1.54, 1.807) is 36.9 Å². The van der Waals surface area contributed by atoms with E-state index in [0.29, 0.717) is 0 Å². The molecule has 0 saturated carbocycles. The summed E-state index contributed by atoms with van der Waals surface area (Å²) in [5.41, 5.74) is 3.18. The molecule has 0 aliphatic rings. The molecular weight excluding hydrogens is 302 g/mol. The summed E-state index contributed by atoms with van der Waals surface area (Å²) in [5.74, 6) is 1.55. The van der Waals surface area contributed by atoms with Crippen LogP contribution < -0.4 is 9.47 Å². The molecule has 0 saturated heterocycles. The zero-order valence-corrected chi connectivity index (χ0v) is 13.7. The number of aryl methyl sites for hydroxylation is 1. The summed E-state index contributed by atoms with van der Waals surface area (Å²) in [6, 6.07) is 7.91. The number of hydrogen-bond donors (Lipinski definition) is 0. The lowest BCUT2D eigenvalue weighted by atomic mass is 10.1. The second kappa shape index (κ2) is 5.87. The zero-order chi connectivity index (χ0) is 14.8. The average molecular weight is 317 g/mol. The first-order valence-electron chi connectivity index (χ1n) is 6.45. The van der Waals surface area contributed by atoms with E-state index in [9.17, 15) is 0 Å². The Balaban J connectivity index is 2.02. The average Bonchev–Trinajstić information content (AvgIpc) is 3.15. The Morgan fingerprint density at radius 3 is 2.57 bits per heavy atom. The second-order valence-electron chi connectivity index (χ2n) is 4.54. The van der Waals surface area contributed by atoms with Gasteiger partial charge < -0.3 is 9.47 Å². The predicted octanol–water partition coefficient (Wildman–Crippen LogP) is 4.86. The second-order valence-corrected chi connectivity index (χ2v) is 6.31. The zero-order valence-electron chi connectivity index (χ0n) is 12.0. The van der Waals surface area contributed by atoms with Crippen molar-refractivity contribution in [3.63, 3.8) is 0 Å². The van der Waals surface area contributed by atoms with E-state index in [1.807, 2.05) is 18.2 Å². The molecule has 0 spiro atoms. The van der Waals surface area contributed by atoms with Gasteiger partial charge in [0, 0.05) is 17.0 Å². The highest BCUT2D eigenvalue weighted by Crippen LogP contribution is 2.38. The van der Waals surface area contributed by atoms with Crippen LogP contribution in [0.5, 0.6) is 11.5 Å². The van der Waals surface area contributed by atoms with Gasteiger partial charge in [-0.1, -0.05) is 0 Å². The Morgan fingerprint density at radius 2 is 1.90 bits per heavy atom. The number of benzene rings is 1. The molecular formula is C16H15NO2S2. The minimum absolute atomic E-state index is 0.772. The Bertz CT molecular complexity index is 761. The number of nitrogens with zero attached hydrogens (tertiary/aromatic N) is 1. The molecule has 3 nitrogen and oxygen atoms in total. The number of hydrogen-bond acceptors (Lipinski definition) is 5. The standard InChI is InChI=1S/C16H15NO2S2/c1-10-6-7-20-15(10)16-17-13(9-21-16)12-5-4-11(18-2)8-14(12)19-3/h4-9H,1-3H3. The van der Waals surface area contributed by atoms with E-state index in [2.05, 4.69) is 23.8 Å². The van der Waals surface area contributed by atoms with Crippen LogP contribution in [0, 0.1) is 6.92 Å². The van der Waals surface area contributed by atoms with Gasteiger partial charge in [-0.25, -0.2) is 4.98 Å². The molecule has 0 unspecified atom stereocenters. The van der Waals surface area contributed by atoms with Gasteiger partial charge in [0.15, 0.2) is 0 Å². The van der Waals surface area contributed by atoms with Crippen molar-refractivity contribution in [1.29, 1.82) is 0 Å². The van der Waals surface area contributed by atoms with Crippen LogP contribution in [0.25, 0.3) is 21.1 Å². The molecule has 3 rings (SSSR count). The molecule has 0 N–H and O–H groups in total. The maximum atomic E-state index is 5.45. The minimum Gasteiger partial charge on any atom is -0.497 e. The fourth-order valence-electron chi connectivity index (χ4n) is 2.10. The van der Waals surface area contributed by atoms with Gasteiger partial charge in [0.2, 0.25) is 0 Å². The molecule has 0 amide bonds. The van der Waals surface area contributed by atoms with E-state index in [4.69, 9.17) is 14.5 Å². The monoisotopic (exact) mass is 317 g/mol.